The van der Waals surface area contributed by atoms with Gasteiger partial charge < -0.3 is 20.7 Å². The molecule has 0 saturated heterocycles. The van der Waals surface area contributed by atoms with Crippen LogP contribution in [0.3, 0.4) is 0 Å². The first-order valence-corrected chi connectivity index (χ1v) is 9.10. The maximum Gasteiger partial charge on any atom is 0.251 e. The van der Waals surface area contributed by atoms with Gasteiger partial charge in [0, 0.05) is 25.7 Å². The van der Waals surface area contributed by atoms with Crippen molar-refractivity contribution in [1.29, 1.82) is 0 Å². The van der Waals surface area contributed by atoms with E-state index in [1.54, 1.807) is 51.4 Å². The highest BCUT2D eigenvalue weighted by molar-refractivity contribution is 14.0. The topological polar surface area (TPSA) is 74.8 Å². The molecule has 1 unspecified atom stereocenters. The largest absolute Gasteiger partial charge is 0.497 e. The van der Waals surface area contributed by atoms with E-state index < -0.39 is 0 Å². The summed E-state index contributed by atoms with van der Waals surface area (Å²) in [5, 5.41) is 9.18. The average Bonchev–Trinajstić information content (AvgIpc) is 2.71. The van der Waals surface area contributed by atoms with E-state index in [0.717, 1.165) is 5.56 Å². The molecule has 0 saturated carbocycles. The summed E-state index contributed by atoms with van der Waals surface area (Å²) < 4.78 is 18.8. The van der Waals surface area contributed by atoms with Gasteiger partial charge in [-0.05, 0) is 55.3 Å². The Balaban J connectivity index is 0.00000420. The lowest BCUT2D eigenvalue weighted by Gasteiger charge is -2.19. The minimum absolute atomic E-state index is 0. The van der Waals surface area contributed by atoms with E-state index in [1.807, 2.05) is 13.0 Å². The van der Waals surface area contributed by atoms with E-state index in [9.17, 15) is 9.18 Å². The van der Waals surface area contributed by atoms with Crippen LogP contribution in [0, 0.1) is 12.7 Å². The number of rotatable bonds is 7. The summed E-state index contributed by atoms with van der Waals surface area (Å²) in [5.74, 6) is 0.897. The van der Waals surface area contributed by atoms with Crippen LogP contribution in [0.25, 0.3) is 0 Å². The number of carbonyl (C=O) groups is 1. The number of nitrogens with one attached hydrogen (secondary N) is 3. The van der Waals surface area contributed by atoms with Crippen molar-refractivity contribution < 1.29 is 13.9 Å². The van der Waals surface area contributed by atoms with Crippen molar-refractivity contribution in [3.05, 3.63) is 65.0 Å². The molecule has 0 heterocycles. The second kappa shape index (κ2) is 12.3. The van der Waals surface area contributed by atoms with Gasteiger partial charge in [-0.25, -0.2) is 4.39 Å². The Hall–Kier alpha value is -2.36. The van der Waals surface area contributed by atoms with Crippen molar-refractivity contribution in [2.45, 2.75) is 19.9 Å². The summed E-state index contributed by atoms with van der Waals surface area (Å²) in [6, 6.07) is 12.0. The molecule has 6 nitrogen and oxygen atoms in total. The average molecular weight is 514 g/mol. The van der Waals surface area contributed by atoms with E-state index in [2.05, 4.69) is 20.9 Å². The van der Waals surface area contributed by atoms with E-state index >= 15 is 0 Å². The second-order valence-electron chi connectivity index (χ2n) is 6.36. The van der Waals surface area contributed by atoms with Gasteiger partial charge in [0.2, 0.25) is 0 Å². The number of nitrogens with zero attached hydrogens (tertiary/aromatic N) is 1. The third-order valence-corrected chi connectivity index (χ3v) is 4.33. The second-order valence-corrected chi connectivity index (χ2v) is 6.36. The van der Waals surface area contributed by atoms with Crippen LogP contribution >= 0.6 is 24.0 Å². The molecule has 0 aliphatic carbocycles. The summed E-state index contributed by atoms with van der Waals surface area (Å²) in [6.45, 7) is 4.59. The number of benzene rings is 2. The quantitative estimate of drug-likeness (QED) is 0.229. The molecule has 2 aromatic carbocycles. The zero-order chi connectivity index (χ0) is 20.5. The normalized spacial score (nSPS) is 11.8. The van der Waals surface area contributed by atoms with Gasteiger partial charge in [-0.2, -0.15) is 0 Å². The van der Waals surface area contributed by atoms with Crippen LogP contribution in [0.15, 0.2) is 47.5 Å². The first-order chi connectivity index (χ1) is 13.4. The maximum absolute atomic E-state index is 13.7. The lowest BCUT2D eigenvalue weighted by Crippen LogP contribution is -2.42. The molecule has 158 valence electrons. The molecule has 8 heteroatoms. The zero-order valence-corrected chi connectivity index (χ0v) is 19.4. The Morgan fingerprint density at radius 1 is 1.14 bits per heavy atom. The Bertz CT molecular complexity index is 828. The lowest BCUT2D eigenvalue weighted by atomic mass is 10.1. The zero-order valence-electron chi connectivity index (χ0n) is 17.1. The Morgan fingerprint density at radius 2 is 1.79 bits per heavy atom. The predicted octanol–water partition coefficient (Wildman–Crippen LogP) is 3.42. The lowest BCUT2D eigenvalue weighted by molar-refractivity contribution is 0.0954. The monoisotopic (exact) mass is 514 g/mol. The van der Waals surface area contributed by atoms with Crippen LogP contribution in [0.2, 0.25) is 0 Å². The van der Waals surface area contributed by atoms with Gasteiger partial charge in [0.15, 0.2) is 5.96 Å². The Kier molecular flexibility index (Phi) is 10.4. The molecule has 0 aliphatic heterocycles. The van der Waals surface area contributed by atoms with E-state index in [0.29, 0.717) is 35.9 Å². The number of amides is 1. The van der Waals surface area contributed by atoms with Crippen LogP contribution in [0.4, 0.5) is 4.39 Å². The highest BCUT2D eigenvalue weighted by Gasteiger charge is 2.10. The fraction of sp³-hybridized carbons (Fsp3) is 0.333. The SMILES string of the molecule is CN=C(NCCNC(=O)c1ccc(OC)cc1)NC(C)c1ccc(C)c(F)c1.I. The molecule has 1 amide bonds. The summed E-state index contributed by atoms with van der Waals surface area (Å²) in [6.07, 6.45) is 0. The predicted molar refractivity (Wildman–Crippen MR) is 125 cm³/mol. The molecular weight excluding hydrogens is 486 g/mol. The number of carbonyl (C=O) groups excluding carboxylic acids is 1. The van der Waals surface area contributed by atoms with Crippen molar-refractivity contribution in [3.63, 3.8) is 0 Å². The van der Waals surface area contributed by atoms with E-state index in [-0.39, 0.29) is 41.7 Å². The highest BCUT2D eigenvalue weighted by Crippen LogP contribution is 2.16. The van der Waals surface area contributed by atoms with Gasteiger partial charge in [0.25, 0.3) is 5.91 Å². The van der Waals surface area contributed by atoms with Crippen molar-refractivity contribution in [2.24, 2.45) is 4.99 Å². The fourth-order valence-corrected chi connectivity index (χ4v) is 2.56. The van der Waals surface area contributed by atoms with Crippen LogP contribution in [0.1, 0.15) is 34.5 Å². The molecule has 0 bridgehead atoms. The number of methoxy groups -OCH3 is 1. The number of aliphatic imine (C=N–C) groups is 1. The molecule has 0 fully saturated rings. The molecule has 3 N–H and O–H groups in total. The molecule has 0 radical (unpaired) electrons. The van der Waals surface area contributed by atoms with Crippen LogP contribution in [-0.4, -0.2) is 39.1 Å². The smallest absolute Gasteiger partial charge is 0.251 e. The summed E-state index contributed by atoms with van der Waals surface area (Å²) in [4.78, 5) is 16.3. The molecule has 29 heavy (non-hydrogen) atoms. The molecular formula is C21H28FIN4O2. The van der Waals surface area contributed by atoms with E-state index in [4.69, 9.17) is 4.74 Å². The molecule has 2 aromatic rings. The first kappa shape index (κ1) is 24.7. The third-order valence-electron chi connectivity index (χ3n) is 4.33. The van der Waals surface area contributed by atoms with Gasteiger partial charge in [0.1, 0.15) is 11.6 Å². The minimum atomic E-state index is -0.227. The number of hydrogen-bond donors (Lipinski definition) is 3. The number of ether oxygens (including phenoxy) is 1. The number of aryl methyl sites for hydroxylation is 1. The van der Waals surface area contributed by atoms with Crippen LogP contribution in [-0.2, 0) is 0 Å². The van der Waals surface area contributed by atoms with Crippen molar-refractivity contribution >= 4 is 35.8 Å². The van der Waals surface area contributed by atoms with Gasteiger partial charge in [-0.15, -0.1) is 24.0 Å². The van der Waals surface area contributed by atoms with Crippen LogP contribution in [0.5, 0.6) is 5.75 Å². The summed E-state index contributed by atoms with van der Waals surface area (Å²) in [7, 11) is 3.24. The molecule has 0 aliphatic rings. The molecule has 0 spiro atoms. The molecule has 0 aromatic heterocycles. The Labute approximate surface area is 188 Å². The first-order valence-electron chi connectivity index (χ1n) is 9.10. The Morgan fingerprint density at radius 3 is 2.38 bits per heavy atom. The minimum Gasteiger partial charge on any atom is -0.497 e. The van der Waals surface area contributed by atoms with Gasteiger partial charge >= 0.3 is 0 Å². The molecule has 1 atom stereocenters. The van der Waals surface area contributed by atoms with Crippen molar-refractivity contribution in [1.82, 2.24) is 16.0 Å². The van der Waals surface area contributed by atoms with Crippen LogP contribution < -0.4 is 20.7 Å². The highest BCUT2D eigenvalue weighted by atomic mass is 127. The third kappa shape index (κ3) is 7.52. The fourth-order valence-electron chi connectivity index (χ4n) is 2.56. The summed E-state index contributed by atoms with van der Waals surface area (Å²) >= 11 is 0. The maximum atomic E-state index is 13.7. The number of halogens is 2. The van der Waals surface area contributed by atoms with Crippen molar-refractivity contribution in [3.8, 4) is 5.75 Å². The van der Waals surface area contributed by atoms with Crippen molar-refractivity contribution in [2.75, 3.05) is 27.2 Å². The molecule has 2 rings (SSSR count). The van der Waals surface area contributed by atoms with Gasteiger partial charge in [-0.1, -0.05) is 12.1 Å². The van der Waals surface area contributed by atoms with E-state index in [1.165, 1.54) is 6.07 Å². The van der Waals surface area contributed by atoms with Gasteiger partial charge in [-0.3, -0.25) is 9.79 Å². The standard InChI is InChI=1S/C21H27FN4O2.HI/c1-14-5-6-17(13-19(14)22)15(2)26-21(23-3)25-12-11-24-20(27)16-7-9-18(28-4)10-8-16;/h5-10,13,15H,11-12H2,1-4H3,(H,24,27)(H2,23,25,26);1H. The number of guanidine groups is 1. The number of hydrogen-bond acceptors (Lipinski definition) is 3. The van der Waals surface area contributed by atoms with Gasteiger partial charge in [0.05, 0.1) is 13.2 Å². The summed E-state index contributed by atoms with van der Waals surface area (Å²) in [5.41, 5.74) is 2.02.